The molecular formula is C12H11N3O3. The van der Waals surface area contributed by atoms with E-state index in [1.165, 1.54) is 0 Å². The van der Waals surface area contributed by atoms with Gasteiger partial charge in [-0.05, 0) is 19.1 Å². The number of H-pyrrole nitrogens is 1. The molecule has 0 radical (unpaired) electrons. The molecule has 0 saturated heterocycles. The van der Waals surface area contributed by atoms with Crippen molar-refractivity contribution in [3.8, 4) is 0 Å². The van der Waals surface area contributed by atoms with Crippen LogP contribution in [0.5, 0.6) is 0 Å². The number of benzene rings is 1. The highest BCUT2D eigenvalue weighted by Gasteiger charge is 2.16. The summed E-state index contributed by atoms with van der Waals surface area (Å²) in [5, 5.41) is 12.5. The van der Waals surface area contributed by atoms with Gasteiger partial charge in [-0.2, -0.15) is 5.10 Å². The van der Waals surface area contributed by atoms with Crippen LogP contribution in [0.15, 0.2) is 22.9 Å². The molecular weight excluding hydrogens is 234 g/mol. The summed E-state index contributed by atoms with van der Waals surface area (Å²) in [6, 6.07) is 3.67. The average Bonchev–Trinajstić information content (AvgIpc) is 2.94. The van der Waals surface area contributed by atoms with Gasteiger partial charge in [-0.25, -0.2) is 0 Å². The number of ether oxygens (including phenoxy) is 1. The Morgan fingerprint density at radius 2 is 2.39 bits per heavy atom. The van der Waals surface area contributed by atoms with Gasteiger partial charge in [0.1, 0.15) is 5.69 Å². The molecule has 2 aromatic heterocycles. The molecule has 0 aliphatic rings. The summed E-state index contributed by atoms with van der Waals surface area (Å²) in [6.45, 7) is 2.13. The predicted octanol–water partition coefficient (Wildman–Crippen LogP) is 1.81. The summed E-state index contributed by atoms with van der Waals surface area (Å²) in [7, 11) is 0. The topological polar surface area (TPSA) is 81.0 Å². The Labute approximate surface area is 102 Å². The van der Waals surface area contributed by atoms with Crippen LogP contribution in [0.25, 0.3) is 21.9 Å². The molecule has 0 aliphatic carbocycles. The van der Waals surface area contributed by atoms with Crippen LogP contribution < -0.4 is 0 Å². The summed E-state index contributed by atoms with van der Waals surface area (Å²) in [5.41, 5.74) is 2.11. The summed E-state index contributed by atoms with van der Waals surface area (Å²) in [6.07, 6.45) is 1.80. The van der Waals surface area contributed by atoms with Crippen LogP contribution >= 0.6 is 0 Å². The Morgan fingerprint density at radius 1 is 1.50 bits per heavy atom. The highest BCUT2D eigenvalue weighted by Crippen LogP contribution is 2.27. The lowest BCUT2D eigenvalue weighted by Gasteiger charge is -1.98. The number of fused-ring (bicyclic) bond motifs is 3. The van der Waals surface area contributed by atoms with E-state index in [0.717, 1.165) is 16.3 Å². The van der Waals surface area contributed by atoms with E-state index in [9.17, 15) is 4.79 Å². The van der Waals surface area contributed by atoms with Crippen molar-refractivity contribution in [3.63, 3.8) is 0 Å². The molecule has 6 nitrogen and oxygen atoms in total. The van der Waals surface area contributed by atoms with Gasteiger partial charge in [-0.15, -0.1) is 0 Å². The van der Waals surface area contributed by atoms with Crippen molar-refractivity contribution in [1.82, 2.24) is 15.4 Å². The molecule has 3 aromatic rings. The van der Waals surface area contributed by atoms with Crippen LogP contribution in [-0.4, -0.2) is 27.9 Å². The monoisotopic (exact) mass is 245 g/mol. The number of aromatic amines is 1. The fourth-order valence-electron chi connectivity index (χ4n) is 1.99. The van der Waals surface area contributed by atoms with Crippen LogP contribution in [-0.2, 0) is 16.0 Å². The summed E-state index contributed by atoms with van der Waals surface area (Å²) >= 11 is 0. The van der Waals surface area contributed by atoms with Crippen molar-refractivity contribution in [2.45, 2.75) is 13.3 Å². The second-order valence-electron chi connectivity index (χ2n) is 3.88. The zero-order chi connectivity index (χ0) is 12.5. The number of rotatable bonds is 3. The minimum absolute atomic E-state index is 0.102. The normalized spacial score (nSPS) is 11.2. The lowest BCUT2D eigenvalue weighted by atomic mass is 10.1. The van der Waals surface area contributed by atoms with Gasteiger partial charge in [0, 0.05) is 5.39 Å². The molecule has 3 rings (SSSR count). The number of hydrogen-bond acceptors (Lipinski definition) is 5. The van der Waals surface area contributed by atoms with Gasteiger partial charge in [0.05, 0.1) is 30.1 Å². The summed E-state index contributed by atoms with van der Waals surface area (Å²) in [5.74, 6) is -0.312. The number of esters is 1. The van der Waals surface area contributed by atoms with Gasteiger partial charge in [0.25, 0.3) is 0 Å². The van der Waals surface area contributed by atoms with E-state index in [1.807, 2.05) is 6.07 Å². The molecule has 18 heavy (non-hydrogen) atoms. The molecule has 0 unspecified atom stereocenters. The molecule has 6 heteroatoms. The largest absolute Gasteiger partial charge is 0.466 e. The van der Waals surface area contributed by atoms with Gasteiger partial charge < -0.3 is 9.26 Å². The van der Waals surface area contributed by atoms with E-state index in [4.69, 9.17) is 9.26 Å². The van der Waals surface area contributed by atoms with Gasteiger partial charge >= 0.3 is 5.97 Å². The van der Waals surface area contributed by atoms with Crippen molar-refractivity contribution in [2.24, 2.45) is 0 Å². The Balaban J connectivity index is 2.11. The van der Waals surface area contributed by atoms with Crippen LogP contribution in [0.2, 0.25) is 0 Å². The third kappa shape index (κ3) is 1.62. The van der Waals surface area contributed by atoms with Crippen LogP contribution in [0.3, 0.4) is 0 Å². The van der Waals surface area contributed by atoms with Crippen molar-refractivity contribution >= 4 is 27.8 Å². The molecule has 0 fully saturated rings. The first-order valence-electron chi connectivity index (χ1n) is 5.65. The van der Waals surface area contributed by atoms with E-state index in [1.54, 1.807) is 19.2 Å². The van der Waals surface area contributed by atoms with E-state index in [-0.39, 0.29) is 12.4 Å². The number of carbonyl (C=O) groups is 1. The third-order valence-electron chi connectivity index (χ3n) is 2.75. The molecule has 0 bridgehead atoms. The molecule has 0 saturated carbocycles. The Hall–Kier alpha value is -2.37. The average molecular weight is 245 g/mol. The maximum atomic E-state index is 11.5. The fourth-order valence-corrected chi connectivity index (χ4v) is 1.99. The smallest absolute Gasteiger partial charge is 0.312 e. The third-order valence-corrected chi connectivity index (χ3v) is 2.75. The van der Waals surface area contributed by atoms with Crippen molar-refractivity contribution in [1.29, 1.82) is 0 Å². The predicted molar refractivity (Wildman–Crippen MR) is 64.0 cm³/mol. The zero-order valence-electron chi connectivity index (χ0n) is 9.77. The lowest BCUT2D eigenvalue weighted by molar-refractivity contribution is -0.142. The Morgan fingerprint density at radius 3 is 3.22 bits per heavy atom. The highest BCUT2D eigenvalue weighted by molar-refractivity contribution is 6.06. The van der Waals surface area contributed by atoms with Gasteiger partial charge in [0.15, 0.2) is 5.58 Å². The molecule has 0 aliphatic heterocycles. The molecule has 0 spiro atoms. The summed E-state index contributed by atoms with van der Waals surface area (Å²) in [4.78, 5) is 11.5. The standard InChI is InChI=1S/C12H11N3O3/c1-2-17-11(16)5-9-12-7-6-13-14-8(7)3-4-10(12)18-15-9/h3-4,6H,2,5H2,1H3,(H,13,14). The molecule has 2 heterocycles. The number of carbonyl (C=O) groups excluding carboxylic acids is 1. The van der Waals surface area contributed by atoms with Gasteiger partial charge in [0.2, 0.25) is 0 Å². The van der Waals surface area contributed by atoms with Gasteiger partial charge in [-0.1, -0.05) is 5.16 Å². The highest BCUT2D eigenvalue weighted by atomic mass is 16.5. The molecule has 1 N–H and O–H groups in total. The first-order chi connectivity index (χ1) is 8.79. The molecule has 92 valence electrons. The number of hydrogen-bond donors (Lipinski definition) is 1. The first kappa shape index (κ1) is 10.8. The summed E-state index contributed by atoms with van der Waals surface area (Å²) < 4.78 is 10.1. The fraction of sp³-hybridized carbons (Fsp3) is 0.250. The van der Waals surface area contributed by atoms with E-state index < -0.39 is 0 Å². The van der Waals surface area contributed by atoms with E-state index >= 15 is 0 Å². The molecule has 0 atom stereocenters. The Kier molecular flexibility index (Phi) is 2.47. The number of nitrogens with one attached hydrogen (secondary N) is 1. The molecule has 0 amide bonds. The second kappa shape index (κ2) is 4.14. The maximum absolute atomic E-state index is 11.5. The quantitative estimate of drug-likeness (QED) is 0.712. The Bertz CT molecular complexity index is 714. The second-order valence-corrected chi connectivity index (χ2v) is 3.88. The van der Waals surface area contributed by atoms with E-state index in [2.05, 4.69) is 15.4 Å². The maximum Gasteiger partial charge on any atom is 0.312 e. The van der Waals surface area contributed by atoms with Crippen molar-refractivity contribution < 1.29 is 14.1 Å². The number of aromatic nitrogens is 3. The van der Waals surface area contributed by atoms with Crippen LogP contribution in [0, 0.1) is 0 Å². The minimum atomic E-state index is -0.312. The SMILES string of the molecule is CCOC(=O)Cc1noc2ccc3[nH]ncc3c12. The molecule has 1 aromatic carbocycles. The minimum Gasteiger partial charge on any atom is -0.466 e. The van der Waals surface area contributed by atoms with Crippen LogP contribution in [0.4, 0.5) is 0 Å². The first-order valence-corrected chi connectivity index (χ1v) is 5.65. The van der Waals surface area contributed by atoms with Crippen molar-refractivity contribution in [3.05, 3.63) is 24.0 Å². The van der Waals surface area contributed by atoms with Gasteiger partial charge in [-0.3, -0.25) is 9.89 Å². The van der Waals surface area contributed by atoms with Crippen molar-refractivity contribution in [2.75, 3.05) is 6.61 Å². The lowest BCUT2D eigenvalue weighted by Crippen LogP contribution is -2.07. The van der Waals surface area contributed by atoms with Crippen LogP contribution in [0.1, 0.15) is 12.6 Å². The van der Waals surface area contributed by atoms with E-state index in [0.29, 0.717) is 17.9 Å². The zero-order valence-corrected chi connectivity index (χ0v) is 9.77. The number of nitrogens with zero attached hydrogens (tertiary/aromatic N) is 2.